The first-order valence-electron chi connectivity index (χ1n) is 3.50. The summed E-state index contributed by atoms with van der Waals surface area (Å²) in [4.78, 5) is 10.1. The van der Waals surface area contributed by atoms with E-state index in [0.29, 0.717) is 6.54 Å². The molecule has 0 atom stereocenters. The minimum atomic E-state index is -3.96. The molecule has 13 heavy (non-hydrogen) atoms. The second-order valence-electron chi connectivity index (χ2n) is 2.34. The number of aryl methyl sites for hydroxylation is 1. The van der Waals surface area contributed by atoms with Gasteiger partial charge in [0.25, 0.3) is 0 Å². The van der Waals surface area contributed by atoms with Gasteiger partial charge in [-0.2, -0.15) is 8.78 Å². The van der Waals surface area contributed by atoms with Gasteiger partial charge in [-0.3, -0.25) is 4.68 Å². The predicted octanol–water partition coefficient (Wildman–Crippen LogP) is 0.474. The third-order valence-corrected chi connectivity index (χ3v) is 1.45. The predicted molar refractivity (Wildman–Crippen MR) is 37.2 cm³/mol. The number of aromatic nitrogens is 3. The number of hydrogen-bond donors (Lipinski definition) is 1. The van der Waals surface area contributed by atoms with Crippen molar-refractivity contribution < 1.29 is 18.7 Å². The summed E-state index contributed by atoms with van der Waals surface area (Å²) in [6.45, 7) is 2.04. The molecule has 0 aliphatic carbocycles. The van der Waals surface area contributed by atoms with Crippen molar-refractivity contribution in [3.05, 3.63) is 11.9 Å². The largest absolute Gasteiger partial charge is 0.476 e. The van der Waals surface area contributed by atoms with Crippen molar-refractivity contribution >= 4 is 5.97 Å². The molecule has 5 nitrogen and oxygen atoms in total. The molecule has 0 radical (unpaired) electrons. The van der Waals surface area contributed by atoms with Gasteiger partial charge < -0.3 is 5.11 Å². The van der Waals surface area contributed by atoms with E-state index in [-0.39, 0.29) is 0 Å². The molecule has 0 aliphatic heterocycles. The van der Waals surface area contributed by atoms with Crippen LogP contribution >= 0.6 is 0 Å². The molecule has 1 N–H and O–H groups in total. The monoisotopic (exact) mass is 191 g/mol. The number of rotatable bonds is 3. The first-order valence-corrected chi connectivity index (χ1v) is 3.50. The molecule has 7 heteroatoms. The molecule has 1 aromatic heterocycles. The van der Waals surface area contributed by atoms with E-state index < -0.39 is 17.6 Å². The lowest BCUT2D eigenvalue weighted by Gasteiger charge is -2.05. The second kappa shape index (κ2) is 3.08. The Balaban J connectivity index is 3.00. The molecule has 0 saturated carbocycles. The number of aliphatic carboxylic acids is 1. The van der Waals surface area contributed by atoms with E-state index in [4.69, 9.17) is 5.11 Å². The summed E-state index contributed by atoms with van der Waals surface area (Å²) in [5.74, 6) is -6.19. The van der Waals surface area contributed by atoms with E-state index in [2.05, 4.69) is 10.3 Å². The highest BCUT2D eigenvalue weighted by Gasteiger charge is 2.44. The van der Waals surface area contributed by atoms with Gasteiger partial charge in [0.15, 0.2) is 5.69 Å². The van der Waals surface area contributed by atoms with E-state index in [9.17, 15) is 13.6 Å². The molecule has 1 aromatic rings. The number of carboxylic acid groups (broad SMARTS) is 1. The van der Waals surface area contributed by atoms with Crippen LogP contribution in [0.5, 0.6) is 0 Å². The van der Waals surface area contributed by atoms with Gasteiger partial charge in [-0.1, -0.05) is 5.21 Å². The number of alkyl halides is 2. The fourth-order valence-electron chi connectivity index (χ4n) is 0.706. The first-order chi connectivity index (χ1) is 5.98. The Morgan fingerprint density at radius 2 is 2.38 bits per heavy atom. The van der Waals surface area contributed by atoms with Gasteiger partial charge in [0, 0.05) is 6.54 Å². The summed E-state index contributed by atoms with van der Waals surface area (Å²) in [5, 5.41) is 14.5. The van der Waals surface area contributed by atoms with Crippen LogP contribution in [-0.2, 0) is 17.3 Å². The van der Waals surface area contributed by atoms with Gasteiger partial charge in [0.2, 0.25) is 0 Å². The summed E-state index contributed by atoms with van der Waals surface area (Å²) in [6.07, 6.45) is 0.911. The minimum absolute atomic E-state index is 0.364. The van der Waals surface area contributed by atoms with Crippen LogP contribution < -0.4 is 0 Å². The van der Waals surface area contributed by atoms with Crippen molar-refractivity contribution in [2.75, 3.05) is 0 Å². The number of carboxylic acids is 1. The lowest BCUT2D eigenvalue weighted by Crippen LogP contribution is -2.25. The Labute approximate surface area is 72.0 Å². The molecule has 0 amide bonds. The highest BCUT2D eigenvalue weighted by atomic mass is 19.3. The summed E-state index contributed by atoms with van der Waals surface area (Å²) in [6, 6.07) is 0. The van der Waals surface area contributed by atoms with Crippen molar-refractivity contribution in [1.29, 1.82) is 0 Å². The summed E-state index contributed by atoms with van der Waals surface area (Å²) in [7, 11) is 0. The van der Waals surface area contributed by atoms with E-state index in [1.807, 2.05) is 0 Å². The molecule has 1 rings (SSSR count). The minimum Gasteiger partial charge on any atom is -0.476 e. The van der Waals surface area contributed by atoms with Crippen LogP contribution in [0.4, 0.5) is 8.78 Å². The van der Waals surface area contributed by atoms with Gasteiger partial charge in [-0.15, -0.1) is 5.10 Å². The molecular formula is C6H7F2N3O2. The molecule has 0 saturated heterocycles. The first kappa shape index (κ1) is 9.56. The Morgan fingerprint density at radius 3 is 2.77 bits per heavy atom. The zero-order chi connectivity index (χ0) is 10.1. The average Bonchev–Trinajstić information content (AvgIpc) is 2.51. The van der Waals surface area contributed by atoms with Crippen LogP contribution in [0.1, 0.15) is 12.6 Å². The third kappa shape index (κ3) is 1.63. The van der Waals surface area contributed by atoms with Crippen molar-refractivity contribution in [2.45, 2.75) is 19.4 Å². The quantitative estimate of drug-likeness (QED) is 0.754. The van der Waals surface area contributed by atoms with Crippen molar-refractivity contribution in [2.24, 2.45) is 0 Å². The Kier molecular flexibility index (Phi) is 2.26. The smallest absolute Gasteiger partial charge is 0.387 e. The number of hydrogen-bond acceptors (Lipinski definition) is 3. The molecule has 1 heterocycles. The molecule has 72 valence electrons. The fourth-order valence-corrected chi connectivity index (χ4v) is 0.706. The van der Waals surface area contributed by atoms with Gasteiger partial charge in [-0.05, 0) is 6.92 Å². The Morgan fingerprint density at radius 1 is 1.77 bits per heavy atom. The topological polar surface area (TPSA) is 68.0 Å². The maximum atomic E-state index is 12.7. The Hall–Kier alpha value is -1.53. The van der Waals surface area contributed by atoms with Crippen LogP contribution in [0.15, 0.2) is 6.20 Å². The van der Waals surface area contributed by atoms with Crippen LogP contribution in [0.2, 0.25) is 0 Å². The van der Waals surface area contributed by atoms with E-state index >= 15 is 0 Å². The molecule has 0 bridgehead atoms. The third-order valence-electron chi connectivity index (χ3n) is 1.45. The van der Waals surface area contributed by atoms with Gasteiger partial charge in [0.05, 0.1) is 6.20 Å². The number of carbonyl (C=O) groups is 1. The summed E-state index contributed by atoms with van der Waals surface area (Å²) >= 11 is 0. The second-order valence-corrected chi connectivity index (χ2v) is 2.34. The van der Waals surface area contributed by atoms with Crippen LogP contribution in [-0.4, -0.2) is 26.1 Å². The van der Waals surface area contributed by atoms with Gasteiger partial charge in [-0.25, -0.2) is 4.79 Å². The zero-order valence-electron chi connectivity index (χ0n) is 6.74. The maximum absolute atomic E-state index is 12.7. The van der Waals surface area contributed by atoms with Crippen LogP contribution in [0.25, 0.3) is 0 Å². The van der Waals surface area contributed by atoms with E-state index in [1.165, 1.54) is 0 Å². The van der Waals surface area contributed by atoms with Gasteiger partial charge >= 0.3 is 11.9 Å². The highest BCUT2D eigenvalue weighted by Crippen LogP contribution is 2.25. The normalized spacial score (nSPS) is 11.6. The summed E-state index contributed by atoms with van der Waals surface area (Å²) < 4.78 is 26.6. The van der Waals surface area contributed by atoms with E-state index in [0.717, 1.165) is 10.9 Å². The van der Waals surface area contributed by atoms with Crippen molar-refractivity contribution in [3.8, 4) is 0 Å². The van der Waals surface area contributed by atoms with Crippen LogP contribution in [0, 0.1) is 0 Å². The molecule has 0 aromatic carbocycles. The molecule has 0 spiro atoms. The standard InChI is InChI=1S/C6H7F2N3O2/c1-2-11-3-4(9-10-11)6(7,8)5(12)13/h3H,2H2,1H3,(H,12,13). The Bertz CT molecular complexity index is 323. The zero-order valence-corrected chi connectivity index (χ0v) is 6.74. The molecule has 0 aliphatic rings. The number of halogens is 2. The lowest BCUT2D eigenvalue weighted by atomic mass is 10.2. The average molecular weight is 191 g/mol. The molecule has 0 unspecified atom stereocenters. The highest BCUT2D eigenvalue weighted by molar-refractivity contribution is 5.76. The fraction of sp³-hybridized carbons (Fsp3) is 0.500. The SMILES string of the molecule is CCn1cc(C(F)(F)C(=O)O)nn1. The van der Waals surface area contributed by atoms with Gasteiger partial charge in [0.1, 0.15) is 0 Å². The lowest BCUT2D eigenvalue weighted by molar-refractivity contribution is -0.166. The molecule has 0 fully saturated rings. The molecular weight excluding hydrogens is 184 g/mol. The van der Waals surface area contributed by atoms with Crippen LogP contribution in [0.3, 0.4) is 0 Å². The van der Waals surface area contributed by atoms with Crippen molar-refractivity contribution in [1.82, 2.24) is 15.0 Å². The van der Waals surface area contributed by atoms with E-state index in [1.54, 1.807) is 6.92 Å². The van der Waals surface area contributed by atoms with Crippen molar-refractivity contribution in [3.63, 3.8) is 0 Å². The number of nitrogens with zero attached hydrogens (tertiary/aromatic N) is 3. The summed E-state index contributed by atoms with van der Waals surface area (Å²) in [5.41, 5.74) is -0.846. The maximum Gasteiger partial charge on any atom is 0.387 e.